The van der Waals surface area contributed by atoms with E-state index in [1.165, 1.54) is 12.1 Å². The molecule has 1 aliphatic rings. The third-order valence-electron chi connectivity index (χ3n) is 2.13. The van der Waals surface area contributed by atoms with Gasteiger partial charge in [0.05, 0.1) is 11.0 Å². The zero-order valence-electron chi connectivity index (χ0n) is 8.34. The van der Waals surface area contributed by atoms with E-state index < -0.39 is 15.6 Å². The van der Waals surface area contributed by atoms with Crippen molar-refractivity contribution in [2.45, 2.75) is 4.90 Å². The van der Waals surface area contributed by atoms with Crippen LogP contribution in [0.2, 0.25) is 0 Å². The van der Waals surface area contributed by atoms with E-state index in [9.17, 15) is 8.42 Å². The Labute approximate surface area is 93.1 Å². The fourth-order valence-corrected chi connectivity index (χ4v) is 2.28. The first-order valence-electron chi connectivity index (χ1n) is 4.63. The molecule has 2 rings (SSSR count). The molecule has 0 aromatic heterocycles. The minimum atomic E-state index is -3.54. The van der Waals surface area contributed by atoms with Gasteiger partial charge in [-0.05, 0) is 12.1 Å². The van der Waals surface area contributed by atoms with Crippen molar-refractivity contribution < 1.29 is 17.9 Å². The number of ether oxygens (including phenoxy) is 2. The highest BCUT2D eigenvalue weighted by atomic mass is 32.2. The Morgan fingerprint density at radius 1 is 1.25 bits per heavy atom. The predicted molar refractivity (Wildman–Crippen MR) is 55.1 cm³/mol. The second kappa shape index (κ2) is 4.02. The van der Waals surface area contributed by atoms with Crippen LogP contribution in [0.15, 0.2) is 23.1 Å². The van der Waals surface area contributed by atoms with E-state index in [2.05, 4.69) is 0 Å². The van der Waals surface area contributed by atoms with Crippen molar-refractivity contribution in [1.29, 1.82) is 5.26 Å². The van der Waals surface area contributed by atoms with E-state index in [1.54, 1.807) is 12.1 Å². The van der Waals surface area contributed by atoms with Crippen LogP contribution in [-0.4, -0.2) is 27.4 Å². The summed E-state index contributed by atoms with van der Waals surface area (Å²) in [7, 11) is -3.54. The summed E-state index contributed by atoms with van der Waals surface area (Å²) < 4.78 is 33.7. The summed E-state index contributed by atoms with van der Waals surface area (Å²) in [5, 5.41) is 8.42. The van der Waals surface area contributed by atoms with Crippen LogP contribution < -0.4 is 9.47 Å². The summed E-state index contributed by atoms with van der Waals surface area (Å²) in [5.41, 5.74) is 0. The van der Waals surface area contributed by atoms with E-state index in [0.717, 1.165) is 0 Å². The van der Waals surface area contributed by atoms with Gasteiger partial charge in [0.15, 0.2) is 21.3 Å². The molecule has 1 heterocycles. The quantitative estimate of drug-likeness (QED) is 0.761. The topological polar surface area (TPSA) is 76.4 Å². The van der Waals surface area contributed by atoms with Gasteiger partial charge >= 0.3 is 0 Å². The van der Waals surface area contributed by atoms with Crippen molar-refractivity contribution in [2.24, 2.45) is 0 Å². The number of fused-ring (bicyclic) bond motifs is 1. The van der Waals surface area contributed by atoms with Crippen molar-refractivity contribution in [3.8, 4) is 17.6 Å². The minimum absolute atomic E-state index is 0.0818. The van der Waals surface area contributed by atoms with Gasteiger partial charge in [-0.15, -0.1) is 0 Å². The molecule has 0 saturated heterocycles. The number of nitrogens with zero attached hydrogens (tertiary/aromatic N) is 1. The van der Waals surface area contributed by atoms with Gasteiger partial charge < -0.3 is 9.47 Å². The molecule has 0 unspecified atom stereocenters. The molecule has 1 aromatic carbocycles. The molecule has 0 N–H and O–H groups in total. The molecule has 1 aliphatic heterocycles. The van der Waals surface area contributed by atoms with Gasteiger partial charge in [0.25, 0.3) is 0 Å². The zero-order valence-corrected chi connectivity index (χ0v) is 9.16. The molecule has 6 heteroatoms. The molecular weight excluding hydrogens is 230 g/mol. The minimum Gasteiger partial charge on any atom is -0.486 e. The summed E-state index contributed by atoms with van der Waals surface area (Å²) in [6.45, 7) is 0.853. The summed E-state index contributed by atoms with van der Waals surface area (Å²) in [6.07, 6.45) is 0. The Bertz CT molecular complexity index is 544. The fourth-order valence-electron chi connectivity index (χ4n) is 1.39. The summed E-state index contributed by atoms with van der Waals surface area (Å²) in [6, 6.07) is 5.97. The van der Waals surface area contributed by atoms with E-state index in [-0.39, 0.29) is 4.90 Å². The van der Waals surface area contributed by atoms with Crippen LogP contribution in [0, 0.1) is 11.3 Å². The molecule has 0 radical (unpaired) electrons. The second-order valence-electron chi connectivity index (χ2n) is 3.22. The number of hydrogen-bond acceptors (Lipinski definition) is 5. The molecule has 0 aliphatic carbocycles. The number of benzene rings is 1. The average Bonchev–Trinajstić information content (AvgIpc) is 2.28. The van der Waals surface area contributed by atoms with Crippen LogP contribution in [0.4, 0.5) is 0 Å². The lowest BCUT2D eigenvalue weighted by Gasteiger charge is -2.18. The van der Waals surface area contributed by atoms with Gasteiger partial charge in [-0.1, -0.05) is 0 Å². The molecule has 0 saturated carbocycles. The van der Waals surface area contributed by atoms with Crippen LogP contribution in [0.1, 0.15) is 0 Å². The number of hydrogen-bond donors (Lipinski definition) is 0. The van der Waals surface area contributed by atoms with Crippen LogP contribution in [-0.2, 0) is 9.84 Å². The Balaban J connectivity index is 2.42. The first-order chi connectivity index (χ1) is 7.63. The Kier molecular flexibility index (Phi) is 2.71. The van der Waals surface area contributed by atoms with E-state index in [1.807, 2.05) is 0 Å². The summed E-state index contributed by atoms with van der Waals surface area (Å²) >= 11 is 0. The van der Waals surface area contributed by atoms with Gasteiger partial charge in [0.2, 0.25) is 0 Å². The number of nitriles is 1. The lowest BCUT2D eigenvalue weighted by Crippen LogP contribution is -2.16. The molecule has 0 atom stereocenters. The van der Waals surface area contributed by atoms with Crippen molar-refractivity contribution in [3.05, 3.63) is 18.2 Å². The smallest absolute Gasteiger partial charge is 0.191 e. The van der Waals surface area contributed by atoms with Gasteiger partial charge in [0.1, 0.15) is 19.0 Å². The van der Waals surface area contributed by atoms with Gasteiger partial charge in [-0.3, -0.25) is 0 Å². The van der Waals surface area contributed by atoms with Gasteiger partial charge in [0, 0.05) is 6.07 Å². The van der Waals surface area contributed by atoms with Crippen molar-refractivity contribution in [3.63, 3.8) is 0 Å². The lowest BCUT2D eigenvalue weighted by molar-refractivity contribution is 0.171. The van der Waals surface area contributed by atoms with Crippen LogP contribution in [0.25, 0.3) is 0 Å². The summed E-state index contributed by atoms with van der Waals surface area (Å²) in [5.74, 6) is 0.402. The predicted octanol–water partition coefficient (Wildman–Crippen LogP) is 0.755. The Hall–Kier alpha value is -1.74. The van der Waals surface area contributed by atoms with Crippen molar-refractivity contribution in [1.82, 2.24) is 0 Å². The SMILES string of the molecule is N#CCS(=O)(=O)c1ccc2c(c1)OCCO2. The molecular formula is C10H9NO4S. The third kappa shape index (κ3) is 1.95. The Morgan fingerprint density at radius 2 is 1.94 bits per heavy atom. The van der Waals surface area contributed by atoms with Crippen molar-refractivity contribution >= 4 is 9.84 Å². The maximum absolute atomic E-state index is 11.6. The maximum atomic E-state index is 11.6. The normalized spacial score (nSPS) is 14.2. The van der Waals surface area contributed by atoms with Crippen LogP contribution in [0.5, 0.6) is 11.5 Å². The van der Waals surface area contributed by atoms with Crippen molar-refractivity contribution in [2.75, 3.05) is 19.0 Å². The number of rotatable bonds is 2. The standard InChI is InChI=1S/C10H9NO4S/c11-3-6-16(12,13)8-1-2-9-10(7-8)15-5-4-14-9/h1-2,7H,4-6H2. The van der Waals surface area contributed by atoms with E-state index in [4.69, 9.17) is 14.7 Å². The van der Waals surface area contributed by atoms with Gasteiger partial charge in [-0.25, -0.2) is 8.42 Å². The third-order valence-corrected chi connectivity index (χ3v) is 3.61. The van der Waals surface area contributed by atoms with Gasteiger partial charge in [-0.2, -0.15) is 5.26 Å². The molecule has 16 heavy (non-hydrogen) atoms. The molecule has 1 aromatic rings. The Morgan fingerprint density at radius 3 is 2.62 bits per heavy atom. The van der Waals surface area contributed by atoms with E-state index in [0.29, 0.717) is 24.7 Å². The molecule has 0 fully saturated rings. The van der Waals surface area contributed by atoms with Crippen LogP contribution >= 0.6 is 0 Å². The molecule has 0 amide bonds. The molecule has 0 spiro atoms. The highest BCUT2D eigenvalue weighted by molar-refractivity contribution is 7.91. The average molecular weight is 239 g/mol. The first kappa shape index (κ1) is 10.8. The van der Waals surface area contributed by atoms with Crippen LogP contribution in [0.3, 0.4) is 0 Å². The maximum Gasteiger partial charge on any atom is 0.191 e. The fraction of sp³-hybridized carbons (Fsp3) is 0.300. The largest absolute Gasteiger partial charge is 0.486 e. The highest BCUT2D eigenvalue weighted by Gasteiger charge is 2.18. The lowest BCUT2D eigenvalue weighted by atomic mass is 10.3. The number of sulfone groups is 1. The monoisotopic (exact) mass is 239 g/mol. The highest BCUT2D eigenvalue weighted by Crippen LogP contribution is 2.32. The summed E-state index contributed by atoms with van der Waals surface area (Å²) in [4.78, 5) is 0.0818. The zero-order chi connectivity index (χ0) is 11.6. The first-order valence-corrected chi connectivity index (χ1v) is 6.28. The molecule has 0 bridgehead atoms. The molecule has 5 nitrogen and oxygen atoms in total. The second-order valence-corrected chi connectivity index (χ2v) is 5.21. The van der Waals surface area contributed by atoms with E-state index >= 15 is 0 Å². The molecule has 84 valence electrons.